The summed E-state index contributed by atoms with van der Waals surface area (Å²) in [6.45, 7) is 1.83. The van der Waals surface area contributed by atoms with Crippen molar-refractivity contribution in [2.75, 3.05) is 13.7 Å². The minimum absolute atomic E-state index is 0.0927. The number of halogens is 1. The average molecular weight is 355 g/mol. The van der Waals surface area contributed by atoms with Gasteiger partial charge in [-0.05, 0) is 18.6 Å². The Morgan fingerprint density at radius 1 is 1.33 bits per heavy atom. The number of imide groups is 2. The van der Waals surface area contributed by atoms with E-state index in [0.717, 1.165) is 4.90 Å². The molecule has 2 atom stereocenters. The van der Waals surface area contributed by atoms with E-state index in [1.54, 1.807) is 31.2 Å². The minimum Gasteiger partial charge on any atom is -0.380 e. The molecule has 0 spiro atoms. The lowest BCUT2D eigenvalue weighted by atomic mass is 9.95. The molecular weight excluding hydrogens is 340 g/mol. The van der Waals surface area contributed by atoms with E-state index in [9.17, 15) is 14.4 Å². The van der Waals surface area contributed by atoms with Crippen LogP contribution >= 0.6 is 15.9 Å². The fourth-order valence-electron chi connectivity index (χ4n) is 2.10. The van der Waals surface area contributed by atoms with Crippen molar-refractivity contribution in [3.63, 3.8) is 0 Å². The van der Waals surface area contributed by atoms with Gasteiger partial charge in [-0.2, -0.15) is 0 Å². The zero-order chi connectivity index (χ0) is 15.6. The average Bonchev–Trinajstić information content (AvgIpc) is 2.45. The lowest BCUT2D eigenvalue weighted by Crippen LogP contribution is -2.58. The third kappa shape index (κ3) is 3.14. The molecule has 1 aliphatic heterocycles. The normalized spacial score (nSPS) is 20.4. The van der Waals surface area contributed by atoms with Crippen molar-refractivity contribution >= 4 is 33.8 Å². The number of nitrogens with one attached hydrogen (secondary N) is 1. The Balaban J connectivity index is 2.33. The van der Waals surface area contributed by atoms with Gasteiger partial charge in [-0.15, -0.1) is 0 Å². The molecule has 4 amide bonds. The number of rotatable bonds is 4. The molecule has 7 heteroatoms. The van der Waals surface area contributed by atoms with Gasteiger partial charge in [0.1, 0.15) is 5.92 Å². The first-order valence-electron chi connectivity index (χ1n) is 6.39. The van der Waals surface area contributed by atoms with E-state index in [2.05, 4.69) is 21.2 Å². The van der Waals surface area contributed by atoms with Crippen LogP contribution in [0.3, 0.4) is 0 Å². The number of methoxy groups -OCH3 is 1. The summed E-state index contributed by atoms with van der Waals surface area (Å²) >= 11 is 3.33. The molecule has 1 aromatic rings. The summed E-state index contributed by atoms with van der Waals surface area (Å²) < 4.78 is 5.72. The summed E-state index contributed by atoms with van der Waals surface area (Å²) in [7, 11) is 1.49. The van der Waals surface area contributed by atoms with Crippen molar-refractivity contribution in [2.45, 2.75) is 18.9 Å². The van der Waals surface area contributed by atoms with Crippen molar-refractivity contribution in [3.8, 4) is 0 Å². The molecule has 6 nitrogen and oxygen atoms in total. The SMILES string of the molecule is COC(C)CN1C(=O)NC(=O)C(c2ccccc2Br)C1=O. The third-order valence-corrected chi connectivity index (χ3v) is 4.03. The molecular formula is C14H15BrN2O4. The molecule has 112 valence electrons. The Bertz CT molecular complexity index is 590. The number of benzene rings is 1. The number of hydrogen-bond acceptors (Lipinski definition) is 4. The van der Waals surface area contributed by atoms with Crippen LogP contribution in [0.4, 0.5) is 4.79 Å². The molecule has 21 heavy (non-hydrogen) atoms. The van der Waals surface area contributed by atoms with Crippen molar-refractivity contribution in [3.05, 3.63) is 34.3 Å². The second kappa shape index (κ2) is 6.36. The maximum Gasteiger partial charge on any atom is 0.330 e. The number of carbonyl (C=O) groups is 3. The number of urea groups is 1. The number of amides is 4. The minimum atomic E-state index is -1.04. The fourth-order valence-corrected chi connectivity index (χ4v) is 2.61. The zero-order valence-corrected chi connectivity index (χ0v) is 13.2. The largest absolute Gasteiger partial charge is 0.380 e. The van der Waals surface area contributed by atoms with Crippen LogP contribution in [0.2, 0.25) is 0 Å². The van der Waals surface area contributed by atoms with Crippen LogP contribution in [0.1, 0.15) is 18.4 Å². The Labute approximate surface area is 130 Å². The summed E-state index contributed by atoms with van der Waals surface area (Å²) in [6, 6.07) is 6.24. The number of ether oxygens (including phenoxy) is 1. The second-order valence-corrected chi connectivity index (χ2v) is 5.60. The molecule has 0 radical (unpaired) electrons. The number of carbonyl (C=O) groups excluding carboxylic acids is 3. The second-order valence-electron chi connectivity index (χ2n) is 4.74. The van der Waals surface area contributed by atoms with Crippen molar-refractivity contribution in [1.82, 2.24) is 10.2 Å². The van der Waals surface area contributed by atoms with Crippen molar-refractivity contribution in [2.24, 2.45) is 0 Å². The summed E-state index contributed by atoms with van der Waals surface area (Å²) in [5, 5.41) is 2.22. The maximum atomic E-state index is 12.5. The van der Waals surface area contributed by atoms with Crippen molar-refractivity contribution < 1.29 is 19.1 Å². The Hall–Kier alpha value is -1.73. The third-order valence-electron chi connectivity index (χ3n) is 3.31. The van der Waals surface area contributed by atoms with Crippen LogP contribution in [0, 0.1) is 0 Å². The molecule has 0 aliphatic carbocycles. The Kier molecular flexibility index (Phi) is 4.74. The first kappa shape index (κ1) is 15.7. The standard InChI is InChI=1S/C14H15BrN2O4/c1-8(21-2)7-17-13(19)11(12(18)16-14(17)20)9-5-3-4-6-10(9)15/h3-6,8,11H,7H2,1-2H3,(H,16,18,20). The molecule has 1 N–H and O–H groups in total. The first-order chi connectivity index (χ1) is 9.95. The predicted octanol–water partition coefficient (Wildman–Crippen LogP) is 1.65. The lowest BCUT2D eigenvalue weighted by molar-refractivity contribution is -0.139. The van der Waals surface area contributed by atoms with Crippen LogP contribution in [-0.2, 0) is 14.3 Å². The summed E-state index contributed by atoms with van der Waals surface area (Å²) in [4.78, 5) is 37.4. The van der Waals surface area contributed by atoms with Gasteiger partial charge in [-0.25, -0.2) is 4.79 Å². The highest BCUT2D eigenvalue weighted by Crippen LogP contribution is 2.29. The van der Waals surface area contributed by atoms with Crippen LogP contribution in [0.5, 0.6) is 0 Å². The van der Waals surface area contributed by atoms with Gasteiger partial charge in [-0.1, -0.05) is 34.1 Å². The Morgan fingerprint density at radius 3 is 2.62 bits per heavy atom. The molecule has 0 saturated carbocycles. The highest BCUT2D eigenvalue weighted by atomic mass is 79.9. The van der Waals surface area contributed by atoms with Gasteiger partial charge in [0, 0.05) is 11.6 Å². The summed E-state index contributed by atoms with van der Waals surface area (Å²) in [5.74, 6) is -2.19. The quantitative estimate of drug-likeness (QED) is 0.834. The predicted molar refractivity (Wildman–Crippen MR) is 78.6 cm³/mol. The Morgan fingerprint density at radius 2 is 2.00 bits per heavy atom. The van der Waals surface area contributed by atoms with E-state index in [0.29, 0.717) is 10.0 Å². The van der Waals surface area contributed by atoms with Gasteiger partial charge in [0.15, 0.2) is 0 Å². The summed E-state index contributed by atoms with van der Waals surface area (Å²) in [6.07, 6.45) is -0.312. The lowest BCUT2D eigenvalue weighted by Gasteiger charge is -2.31. The number of barbiturate groups is 1. The van der Waals surface area contributed by atoms with Gasteiger partial charge in [0.05, 0.1) is 12.6 Å². The van der Waals surface area contributed by atoms with E-state index in [1.165, 1.54) is 7.11 Å². The zero-order valence-electron chi connectivity index (χ0n) is 11.6. The van der Waals surface area contributed by atoms with Gasteiger partial charge < -0.3 is 4.74 Å². The van der Waals surface area contributed by atoms with Gasteiger partial charge in [0.25, 0.3) is 0 Å². The number of nitrogens with zero attached hydrogens (tertiary/aromatic N) is 1. The van der Waals surface area contributed by atoms with E-state index in [4.69, 9.17) is 4.74 Å². The van der Waals surface area contributed by atoms with E-state index >= 15 is 0 Å². The molecule has 2 rings (SSSR count). The highest BCUT2D eigenvalue weighted by molar-refractivity contribution is 9.10. The van der Waals surface area contributed by atoms with Gasteiger partial charge >= 0.3 is 6.03 Å². The number of hydrogen-bond donors (Lipinski definition) is 1. The molecule has 1 heterocycles. The smallest absolute Gasteiger partial charge is 0.330 e. The van der Waals surface area contributed by atoms with Crippen LogP contribution < -0.4 is 5.32 Å². The molecule has 2 unspecified atom stereocenters. The van der Waals surface area contributed by atoms with E-state index in [-0.39, 0.29) is 12.6 Å². The molecule has 0 aromatic heterocycles. The molecule has 1 aromatic carbocycles. The highest BCUT2D eigenvalue weighted by Gasteiger charge is 2.42. The molecule has 1 fully saturated rings. The summed E-state index contributed by atoms with van der Waals surface area (Å²) in [5.41, 5.74) is 0.530. The van der Waals surface area contributed by atoms with Gasteiger partial charge in [-0.3, -0.25) is 19.8 Å². The fraction of sp³-hybridized carbons (Fsp3) is 0.357. The van der Waals surface area contributed by atoms with Gasteiger partial charge in [0.2, 0.25) is 11.8 Å². The topological polar surface area (TPSA) is 75.7 Å². The molecule has 1 aliphatic rings. The van der Waals surface area contributed by atoms with Crippen molar-refractivity contribution in [1.29, 1.82) is 0 Å². The molecule has 0 bridgehead atoms. The van der Waals surface area contributed by atoms with E-state index in [1.807, 2.05) is 0 Å². The van der Waals surface area contributed by atoms with Crippen LogP contribution in [0.15, 0.2) is 28.7 Å². The molecule has 1 saturated heterocycles. The van der Waals surface area contributed by atoms with Crippen LogP contribution in [-0.4, -0.2) is 42.5 Å². The monoisotopic (exact) mass is 354 g/mol. The maximum absolute atomic E-state index is 12.5. The first-order valence-corrected chi connectivity index (χ1v) is 7.18. The van der Waals surface area contributed by atoms with Crippen LogP contribution in [0.25, 0.3) is 0 Å². The van der Waals surface area contributed by atoms with E-state index < -0.39 is 23.8 Å².